The zero-order valence-electron chi connectivity index (χ0n) is 20.3. The number of nitrogens with one attached hydrogen (secondary N) is 3. The first-order valence-electron chi connectivity index (χ1n) is 11.8. The van der Waals surface area contributed by atoms with Crippen molar-refractivity contribution < 1.29 is 13.6 Å². The number of nitrogens with zero attached hydrogens (tertiary/aromatic N) is 5. The van der Waals surface area contributed by atoms with Gasteiger partial charge in [0.1, 0.15) is 22.8 Å². The van der Waals surface area contributed by atoms with Crippen molar-refractivity contribution in [3.05, 3.63) is 72.8 Å². The van der Waals surface area contributed by atoms with Gasteiger partial charge in [-0.1, -0.05) is 26.0 Å². The van der Waals surface area contributed by atoms with Gasteiger partial charge in [-0.05, 0) is 24.3 Å². The molecule has 0 saturated carbocycles. The fourth-order valence-corrected chi connectivity index (χ4v) is 4.17. The predicted molar refractivity (Wildman–Crippen MR) is 139 cm³/mol. The first kappa shape index (κ1) is 23.3. The van der Waals surface area contributed by atoms with E-state index in [4.69, 9.17) is 0 Å². The minimum Gasteiger partial charge on any atom is -0.337 e. The van der Waals surface area contributed by atoms with Crippen LogP contribution in [0.3, 0.4) is 0 Å². The Hall–Kier alpha value is -5.06. The van der Waals surface area contributed by atoms with Crippen LogP contribution in [-0.2, 0) is 4.79 Å². The van der Waals surface area contributed by atoms with E-state index < -0.39 is 5.82 Å². The quantitative estimate of drug-likeness (QED) is 0.281. The van der Waals surface area contributed by atoms with Crippen molar-refractivity contribution in [3.8, 4) is 33.9 Å². The summed E-state index contributed by atoms with van der Waals surface area (Å²) in [5.74, 6) is -1.03. The fourth-order valence-electron chi connectivity index (χ4n) is 4.17. The van der Waals surface area contributed by atoms with E-state index in [1.54, 1.807) is 44.3 Å². The van der Waals surface area contributed by atoms with Gasteiger partial charge in [0.15, 0.2) is 11.5 Å². The molecular formula is C27H20F2N8O. The standard InChI is InChI=1S/C27H20F2N8O/c1-13(2)27(38)33-17-9-15(10-30-11-17)18-12-32-25-20(21(18)29)24(36-37-25)26-34-19-6-7-31-22(23(19)35-26)14-4-3-5-16(28)8-14/h3-13H,1-2H3,(H,33,38)(H,34,35)(H,32,36,37). The molecule has 9 nitrogen and oxygen atoms in total. The number of hydrogen-bond acceptors (Lipinski definition) is 6. The van der Waals surface area contributed by atoms with Crippen molar-refractivity contribution in [2.75, 3.05) is 5.32 Å². The number of pyridine rings is 3. The van der Waals surface area contributed by atoms with Gasteiger partial charge in [-0.25, -0.2) is 18.7 Å². The molecule has 5 heterocycles. The second kappa shape index (κ2) is 9.11. The van der Waals surface area contributed by atoms with E-state index in [-0.39, 0.29) is 34.2 Å². The molecule has 11 heteroatoms. The number of anilines is 1. The van der Waals surface area contributed by atoms with E-state index in [2.05, 4.69) is 40.4 Å². The van der Waals surface area contributed by atoms with Crippen molar-refractivity contribution in [2.24, 2.45) is 5.92 Å². The molecule has 38 heavy (non-hydrogen) atoms. The van der Waals surface area contributed by atoms with Gasteiger partial charge in [0.2, 0.25) is 5.91 Å². The third kappa shape index (κ3) is 4.03. The molecule has 0 radical (unpaired) electrons. The number of rotatable bonds is 5. The summed E-state index contributed by atoms with van der Waals surface area (Å²) < 4.78 is 29.8. The lowest BCUT2D eigenvalue weighted by molar-refractivity contribution is -0.118. The Balaban J connectivity index is 1.45. The average molecular weight is 511 g/mol. The minimum absolute atomic E-state index is 0.137. The Labute approximate surface area is 214 Å². The lowest BCUT2D eigenvalue weighted by Gasteiger charge is -2.09. The van der Waals surface area contributed by atoms with Gasteiger partial charge in [-0.2, -0.15) is 5.10 Å². The highest BCUT2D eigenvalue weighted by Crippen LogP contribution is 2.34. The highest BCUT2D eigenvalue weighted by Gasteiger charge is 2.21. The molecule has 0 fully saturated rings. The Bertz CT molecular complexity index is 1840. The first-order valence-corrected chi connectivity index (χ1v) is 11.8. The third-order valence-corrected chi connectivity index (χ3v) is 6.10. The zero-order chi connectivity index (χ0) is 26.4. The summed E-state index contributed by atoms with van der Waals surface area (Å²) in [6.45, 7) is 3.56. The molecule has 0 aliphatic carbocycles. The van der Waals surface area contributed by atoms with Crippen molar-refractivity contribution in [1.29, 1.82) is 0 Å². The number of aromatic nitrogens is 7. The number of amides is 1. The van der Waals surface area contributed by atoms with Crippen molar-refractivity contribution in [3.63, 3.8) is 0 Å². The van der Waals surface area contributed by atoms with Gasteiger partial charge in [-0.15, -0.1) is 0 Å². The molecule has 0 atom stereocenters. The number of benzene rings is 1. The van der Waals surface area contributed by atoms with Crippen LogP contribution in [0, 0.1) is 17.6 Å². The maximum Gasteiger partial charge on any atom is 0.226 e. The molecule has 5 aromatic heterocycles. The number of carbonyl (C=O) groups is 1. The largest absolute Gasteiger partial charge is 0.337 e. The molecule has 0 aliphatic heterocycles. The van der Waals surface area contributed by atoms with Gasteiger partial charge >= 0.3 is 0 Å². The maximum absolute atomic E-state index is 16.0. The molecule has 1 amide bonds. The van der Waals surface area contributed by atoms with E-state index in [1.165, 1.54) is 30.7 Å². The molecular weight excluding hydrogens is 490 g/mol. The molecule has 0 aliphatic rings. The lowest BCUT2D eigenvalue weighted by Crippen LogP contribution is -2.17. The van der Waals surface area contributed by atoms with Crippen molar-refractivity contribution >= 4 is 33.7 Å². The first-order chi connectivity index (χ1) is 18.4. The summed E-state index contributed by atoms with van der Waals surface area (Å²) in [6.07, 6.45) is 5.95. The zero-order valence-corrected chi connectivity index (χ0v) is 20.3. The summed E-state index contributed by atoms with van der Waals surface area (Å²) in [4.78, 5) is 32.8. The highest BCUT2D eigenvalue weighted by atomic mass is 19.1. The topological polar surface area (TPSA) is 125 Å². The van der Waals surface area contributed by atoms with Crippen molar-refractivity contribution in [2.45, 2.75) is 13.8 Å². The van der Waals surface area contributed by atoms with Gasteiger partial charge in [0.05, 0.1) is 28.5 Å². The van der Waals surface area contributed by atoms with Crippen LogP contribution in [-0.4, -0.2) is 41.0 Å². The van der Waals surface area contributed by atoms with Gasteiger partial charge < -0.3 is 10.3 Å². The molecule has 0 saturated heterocycles. The molecule has 0 spiro atoms. The Kier molecular flexibility index (Phi) is 5.60. The number of hydrogen-bond donors (Lipinski definition) is 3. The van der Waals surface area contributed by atoms with E-state index >= 15 is 4.39 Å². The molecule has 0 unspecified atom stereocenters. The van der Waals surface area contributed by atoms with E-state index in [0.29, 0.717) is 45.1 Å². The second-order valence-electron chi connectivity index (χ2n) is 9.04. The number of imidazole rings is 1. The molecule has 6 aromatic rings. The van der Waals surface area contributed by atoms with Crippen molar-refractivity contribution in [1.82, 2.24) is 35.1 Å². The summed E-state index contributed by atoms with van der Waals surface area (Å²) in [6, 6.07) is 9.44. The SMILES string of the molecule is CC(C)C(=O)Nc1cncc(-c2cnc3n[nH]c(-c4nc5c(-c6cccc(F)c6)nccc5[nH]4)c3c2F)c1. The van der Waals surface area contributed by atoms with Crippen LogP contribution >= 0.6 is 0 Å². The summed E-state index contributed by atoms with van der Waals surface area (Å²) >= 11 is 0. The fraction of sp³-hybridized carbons (Fsp3) is 0.111. The van der Waals surface area contributed by atoms with Gasteiger partial charge in [-0.3, -0.25) is 19.9 Å². The third-order valence-electron chi connectivity index (χ3n) is 6.10. The minimum atomic E-state index is -0.572. The normalized spacial score (nSPS) is 11.5. The number of aromatic amines is 2. The molecule has 188 valence electrons. The Morgan fingerprint density at radius 1 is 1.03 bits per heavy atom. The summed E-state index contributed by atoms with van der Waals surface area (Å²) in [5.41, 5.74) is 3.72. The van der Waals surface area contributed by atoms with Crippen LogP contribution in [0.4, 0.5) is 14.5 Å². The number of halogens is 2. The Morgan fingerprint density at radius 2 is 1.89 bits per heavy atom. The number of H-pyrrole nitrogens is 2. The monoisotopic (exact) mass is 510 g/mol. The van der Waals surface area contributed by atoms with E-state index in [0.717, 1.165) is 0 Å². The van der Waals surface area contributed by atoms with Gasteiger partial charge in [0, 0.05) is 41.2 Å². The number of fused-ring (bicyclic) bond motifs is 2. The van der Waals surface area contributed by atoms with Crippen LogP contribution in [0.25, 0.3) is 56.0 Å². The number of carbonyl (C=O) groups excluding carboxylic acids is 1. The van der Waals surface area contributed by atoms with Crippen LogP contribution in [0.1, 0.15) is 13.8 Å². The lowest BCUT2D eigenvalue weighted by atomic mass is 10.1. The summed E-state index contributed by atoms with van der Waals surface area (Å²) in [5, 5.41) is 9.89. The average Bonchev–Trinajstić information content (AvgIpc) is 3.53. The maximum atomic E-state index is 16.0. The van der Waals surface area contributed by atoms with Gasteiger partial charge in [0.25, 0.3) is 0 Å². The predicted octanol–water partition coefficient (Wildman–Crippen LogP) is 5.50. The molecule has 0 bridgehead atoms. The highest BCUT2D eigenvalue weighted by molar-refractivity contribution is 5.97. The van der Waals surface area contributed by atoms with Crippen LogP contribution < -0.4 is 5.32 Å². The van der Waals surface area contributed by atoms with E-state index in [1.807, 2.05) is 0 Å². The summed E-state index contributed by atoms with van der Waals surface area (Å²) in [7, 11) is 0. The van der Waals surface area contributed by atoms with Crippen LogP contribution in [0.2, 0.25) is 0 Å². The van der Waals surface area contributed by atoms with Crippen LogP contribution in [0.5, 0.6) is 0 Å². The Morgan fingerprint density at radius 3 is 2.71 bits per heavy atom. The molecule has 1 aromatic carbocycles. The van der Waals surface area contributed by atoms with E-state index in [9.17, 15) is 9.18 Å². The smallest absolute Gasteiger partial charge is 0.226 e. The second-order valence-corrected chi connectivity index (χ2v) is 9.04. The molecule has 6 rings (SSSR count). The molecule has 3 N–H and O–H groups in total. The van der Waals surface area contributed by atoms with Crippen LogP contribution in [0.15, 0.2) is 61.2 Å².